The zero-order chi connectivity index (χ0) is 8.77. The molecule has 2 bridgehead atoms. The molecule has 0 amide bonds. The third kappa shape index (κ3) is 1.10. The summed E-state index contributed by atoms with van der Waals surface area (Å²) in [5, 5.41) is 11.9. The minimum absolute atomic E-state index is 0.0878. The smallest absolute Gasteiger partial charge is 0.341 e. The van der Waals surface area contributed by atoms with Crippen molar-refractivity contribution in [3.05, 3.63) is 0 Å². The van der Waals surface area contributed by atoms with Crippen LogP contribution in [0.5, 0.6) is 0 Å². The standard InChI is InChI=1S/C8H12FNO2/c9-8(7(11)12)3-5-1-2-6(4-8)10-5/h5-6,10H,1-4H2,(H,11,12). The number of piperidine rings is 1. The largest absolute Gasteiger partial charge is 0.479 e. The van der Waals surface area contributed by atoms with Crippen molar-refractivity contribution in [3.63, 3.8) is 0 Å². The summed E-state index contributed by atoms with van der Waals surface area (Å²) in [6.45, 7) is 0. The second-order valence-electron chi connectivity index (χ2n) is 3.82. The SMILES string of the molecule is O=C(O)C1(F)CC2CCC(C1)N2. The number of hydrogen-bond acceptors (Lipinski definition) is 2. The molecule has 2 unspecified atom stereocenters. The quantitative estimate of drug-likeness (QED) is 0.613. The second kappa shape index (κ2) is 2.42. The Morgan fingerprint density at radius 3 is 2.33 bits per heavy atom. The summed E-state index contributed by atoms with van der Waals surface area (Å²) in [5.41, 5.74) is -1.96. The molecule has 0 aromatic carbocycles. The van der Waals surface area contributed by atoms with Crippen LogP contribution in [0.4, 0.5) is 4.39 Å². The summed E-state index contributed by atoms with van der Waals surface area (Å²) >= 11 is 0. The number of carboxylic acids is 1. The van der Waals surface area contributed by atoms with Gasteiger partial charge in [-0.25, -0.2) is 9.18 Å². The van der Waals surface area contributed by atoms with Crippen molar-refractivity contribution >= 4 is 5.97 Å². The highest BCUT2D eigenvalue weighted by molar-refractivity contribution is 5.77. The molecule has 2 atom stereocenters. The van der Waals surface area contributed by atoms with Crippen LogP contribution in [0.15, 0.2) is 0 Å². The first-order chi connectivity index (χ1) is 5.60. The minimum Gasteiger partial charge on any atom is -0.479 e. The second-order valence-corrected chi connectivity index (χ2v) is 3.82. The average molecular weight is 173 g/mol. The molecule has 4 heteroatoms. The van der Waals surface area contributed by atoms with E-state index < -0.39 is 11.6 Å². The van der Waals surface area contributed by atoms with E-state index in [1.54, 1.807) is 0 Å². The van der Waals surface area contributed by atoms with E-state index in [-0.39, 0.29) is 24.9 Å². The number of nitrogens with one attached hydrogen (secondary N) is 1. The lowest BCUT2D eigenvalue weighted by Crippen LogP contribution is -2.50. The summed E-state index contributed by atoms with van der Waals surface area (Å²) < 4.78 is 13.6. The molecule has 2 aliphatic rings. The average Bonchev–Trinajstić information content (AvgIpc) is 2.30. The van der Waals surface area contributed by atoms with Crippen LogP contribution in [-0.2, 0) is 4.79 Å². The minimum atomic E-state index is -1.96. The Balaban J connectivity index is 2.15. The Morgan fingerprint density at radius 2 is 1.92 bits per heavy atom. The van der Waals surface area contributed by atoms with Crippen molar-refractivity contribution in [2.75, 3.05) is 0 Å². The summed E-state index contributed by atoms with van der Waals surface area (Å²) in [7, 11) is 0. The van der Waals surface area contributed by atoms with Gasteiger partial charge < -0.3 is 10.4 Å². The van der Waals surface area contributed by atoms with Crippen LogP contribution < -0.4 is 5.32 Å². The van der Waals surface area contributed by atoms with Crippen molar-refractivity contribution in [2.24, 2.45) is 0 Å². The molecule has 2 aliphatic heterocycles. The maximum Gasteiger partial charge on any atom is 0.341 e. The molecule has 0 aliphatic carbocycles. The maximum atomic E-state index is 13.6. The van der Waals surface area contributed by atoms with E-state index in [4.69, 9.17) is 5.11 Å². The monoisotopic (exact) mass is 173 g/mol. The molecule has 0 radical (unpaired) electrons. The number of aliphatic carboxylic acids is 1. The lowest BCUT2D eigenvalue weighted by Gasteiger charge is -2.31. The number of halogens is 1. The molecule has 2 heterocycles. The Morgan fingerprint density at radius 1 is 1.42 bits per heavy atom. The Bertz CT molecular complexity index is 207. The molecule has 3 nitrogen and oxygen atoms in total. The van der Waals surface area contributed by atoms with Gasteiger partial charge in [-0.05, 0) is 12.8 Å². The van der Waals surface area contributed by atoms with E-state index >= 15 is 0 Å². The van der Waals surface area contributed by atoms with Gasteiger partial charge in [-0.3, -0.25) is 0 Å². The lowest BCUT2D eigenvalue weighted by atomic mass is 9.89. The van der Waals surface area contributed by atoms with Gasteiger partial charge >= 0.3 is 5.97 Å². The normalized spacial score (nSPS) is 46.1. The third-order valence-electron chi connectivity index (χ3n) is 2.86. The van der Waals surface area contributed by atoms with E-state index in [2.05, 4.69) is 5.32 Å². The van der Waals surface area contributed by atoms with Crippen LogP contribution in [0.2, 0.25) is 0 Å². The lowest BCUT2D eigenvalue weighted by molar-refractivity contribution is -0.153. The van der Waals surface area contributed by atoms with Crippen LogP contribution >= 0.6 is 0 Å². The number of hydrogen-bond donors (Lipinski definition) is 2. The molecule has 2 saturated heterocycles. The molecule has 68 valence electrons. The fourth-order valence-corrected chi connectivity index (χ4v) is 2.26. The number of carboxylic acid groups (broad SMARTS) is 1. The van der Waals surface area contributed by atoms with Crippen LogP contribution in [0.25, 0.3) is 0 Å². The van der Waals surface area contributed by atoms with Crippen LogP contribution in [0, 0.1) is 0 Å². The zero-order valence-corrected chi connectivity index (χ0v) is 6.72. The van der Waals surface area contributed by atoms with Gasteiger partial charge in [0.25, 0.3) is 0 Å². The van der Waals surface area contributed by atoms with Gasteiger partial charge in [-0.1, -0.05) is 0 Å². The molecule has 2 fully saturated rings. The summed E-state index contributed by atoms with van der Waals surface area (Å²) in [6.07, 6.45) is 2.12. The first-order valence-corrected chi connectivity index (χ1v) is 4.28. The van der Waals surface area contributed by atoms with E-state index in [1.165, 1.54) is 0 Å². The Labute approximate surface area is 70.0 Å². The molecule has 2 N–H and O–H groups in total. The van der Waals surface area contributed by atoms with E-state index in [0.29, 0.717) is 0 Å². The van der Waals surface area contributed by atoms with Crippen molar-refractivity contribution in [1.29, 1.82) is 0 Å². The molecule has 0 saturated carbocycles. The highest BCUT2D eigenvalue weighted by Gasteiger charge is 2.49. The summed E-state index contributed by atoms with van der Waals surface area (Å²) in [6, 6.07) is 0.176. The first kappa shape index (κ1) is 7.98. The van der Waals surface area contributed by atoms with Crippen LogP contribution in [0.3, 0.4) is 0 Å². The number of alkyl halides is 1. The highest BCUT2D eigenvalue weighted by Crippen LogP contribution is 2.36. The van der Waals surface area contributed by atoms with Crippen molar-refractivity contribution in [2.45, 2.75) is 43.4 Å². The van der Waals surface area contributed by atoms with Crippen LogP contribution in [-0.4, -0.2) is 28.8 Å². The van der Waals surface area contributed by atoms with Crippen molar-refractivity contribution in [3.8, 4) is 0 Å². The van der Waals surface area contributed by atoms with E-state index in [9.17, 15) is 9.18 Å². The van der Waals surface area contributed by atoms with Gasteiger partial charge in [0.1, 0.15) is 0 Å². The molecule has 0 aromatic rings. The number of rotatable bonds is 1. The van der Waals surface area contributed by atoms with Crippen LogP contribution in [0.1, 0.15) is 25.7 Å². The number of carbonyl (C=O) groups is 1. The van der Waals surface area contributed by atoms with Gasteiger partial charge in [-0.2, -0.15) is 0 Å². The molecular weight excluding hydrogens is 161 g/mol. The highest BCUT2D eigenvalue weighted by atomic mass is 19.1. The fraction of sp³-hybridized carbons (Fsp3) is 0.875. The predicted octanol–water partition coefficient (Wildman–Crippen LogP) is 0.694. The van der Waals surface area contributed by atoms with Crippen molar-refractivity contribution in [1.82, 2.24) is 5.32 Å². The fourth-order valence-electron chi connectivity index (χ4n) is 2.26. The van der Waals surface area contributed by atoms with E-state index in [0.717, 1.165) is 12.8 Å². The van der Waals surface area contributed by atoms with Gasteiger partial charge in [0, 0.05) is 24.9 Å². The number of fused-ring (bicyclic) bond motifs is 2. The van der Waals surface area contributed by atoms with Gasteiger partial charge in [-0.15, -0.1) is 0 Å². The topological polar surface area (TPSA) is 49.3 Å². The summed E-state index contributed by atoms with van der Waals surface area (Å²) in [4.78, 5) is 10.6. The Hall–Kier alpha value is -0.640. The molecule has 12 heavy (non-hydrogen) atoms. The molecule has 0 spiro atoms. The van der Waals surface area contributed by atoms with Gasteiger partial charge in [0.05, 0.1) is 0 Å². The van der Waals surface area contributed by atoms with Gasteiger partial charge in [0.15, 0.2) is 0 Å². The zero-order valence-electron chi connectivity index (χ0n) is 6.72. The van der Waals surface area contributed by atoms with Crippen molar-refractivity contribution < 1.29 is 14.3 Å². The predicted molar refractivity (Wildman–Crippen MR) is 40.7 cm³/mol. The Kier molecular flexibility index (Phi) is 1.61. The molecular formula is C8H12FNO2. The molecule has 2 rings (SSSR count). The van der Waals surface area contributed by atoms with Gasteiger partial charge in [0.2, 0.25) is 5.67 Å². The first-order valence-electron chi connectivity index (χ1n) is 4.28. The third-order valence-corrected chi connectivity index (χ3v) is 2.86. The maximum absolute atomic E-state index is 13.6. The molecule has 0 aromatic heterocycles. The summed E-state index contributed by atoms with van der Waals surface area (Å²) in [5.74, 6) is -1.29. The van der Waals surface area contributed by atoms with E-state index in [1.807, 2.05) is 0 Å².